The highest BCUT2D eigenvalue weighted by molar-refractivity contribution is 7.98. The second-order valence-corrected chi connectivity index (χ2v) is 3.62. The Morgan fingerprint density at radius 3 is 3.08 bits per heavy atom. The Morgan fingerprint density at radius 1 is 1.67 bits per heavy atom. The van der Waals surface area contributed by atoms with Gasteiger partial charge in [-0.3, -0.25) is 4.68 Å². The molecule has 0 fully saturated rings. The Bertz CT molecular complexity index is 226. The van der Waals surface area contributed by atoms with Gasteiger partial charge in [0.1, 0.15) is 0 Å². The Kier molecular flexibility index (Phi) is 4.10. The molecule has 0 aliphatic heterocycles. The van der Waals surface area contributed by atoms with Crippen molar-refractivity contribution in [3.05, 3.63) is 11.9 Å². The molecule has 0 aromatic carbocycles. The fourth-order valence-electron chi connectivity index (χ4n) is 0.805. The lowest BCUT2D eigenvalue weighted by molar-refractivity contribution is 0.296. The zero-order valence-electron chi connectivity index (χ0n) is 7.10. The van der Waals surface area contributed by atoms with Crippen molar-refractivity contribution in [3.8, 4) is 0 Å². The SMILES string of the molecule is Cn1cc(CSCCCO)nn1. The van der Waals surface area contributed by atoms with Crippen LogP contribution in [0.15, 0.2) is 6.20 Å². The average molecular weight is 187 g/mol. The van der Waals surface area contributed by atoms with Gasteiger partial charge in [0.15, 0.2) is 0 Å². The minimum Gasteiger partial charge on any atom is -0.396 e. The predicted molar refractivity (Wildman–Crippen MR) is 48.9 cm³/mol. The Hall–Kier alpha value is -0.550. The molecule has 5 heteroatoms. The van der Waals surface area contributed by atoms with E-state index in [-0.39, 0.29) is 6.61 Å². The Labute approximate surface area is 76.0 Å². The van der Waals surface area contributed by atoms with Gasteiger partial charge in [-0.25, -0.2) is 0 Å². The molecule has 0 amide bonds. The third kappa shape index (κ3) is 3.23. The number of rotatable bonds is 5. The minimum absolute atomic E-state index is 0.271. The van der Waals surface area contributed by atoms with Crippen LogP contribution in [0.5, 0.6) is 0 Å². The Morgan fingerprint density at radius 2 is 2.50 bits per heavy atom. The second kappa shape index (κ2) is 5.16. The molecule has 68 valence electrons. The van der Waals surface area contributed by atoms with Crippen molar-refractivity contribution < 1.29 is 5.11 Å². The molecule has 1 heterocycles. The molecule has 0 unspecified atom stereocenters. The summed E-state index contributed by atoms with van der Waals surface area (Å²) in [5, 5.41) is 16.3. The van der Waals surface area contributed by atoms with Gasteiger partial charge in [0.05, 0.1) is 5.69 Å². The van der Waals surface area contributed by atoms with E-state index in [1.165, 1.54) is 0 Å². The summed E-state index contributed by atoms with van der Waals surface area (Å²) < 4.78 is 1.70. The zero-order valence-corrected chi connectivity index (χ0v) is 7.92. The maximum absolute atomic E-state index is 8.52. The standard InChI is InChI=1S/C7H13N3OS/c1-10-5-7(8-9-10)6-12-4-2-3-11/h5,11H,2-4,6H2,1H3. The van der Waals surface area contributed by atoms with E-state index in [0.717, 1.165) is 23.6 Å². The number of aromatic nitrogens is 3. The van der Waals surface area contributed by atoms with Crippen molar-refractivity contribution in [1.29, 1.82) is 0 Å². The van der Waals surface area contributed by atoms with Crippen LogP contribution in [0.25, 0.3) is 0 Å². The van der Waals surface area contributed by atoms with Crippen molar-refractivity contribution >= 4 is 11.8 Å². The maximum Gasteiger partial charge on any atom is 0.0925 e. The molecule has 0 saturated carbocycles. The maximum atomic E-state index is 8.52. The molecule has 0 aliphatic rings. The van der Waals surface area contributed by atoms with Crippen LogP contribution < -0.4 is 0 Å². The number of aryl methyl sites for hydroxylation is 1. The van der Waals surface area contributed by atoms with E-state index in [2.05, 4.69) is 10.3 Å². The summed E-state index contributed by atoms with van der Waals surface area (Å²) in [7, 11) is 1.86. The van der Waals surface area contributed by atoms with E-state index in [1.54, 1.807) is 16.4 Å². The summed E-state index contributed by atoms with van der Waals surface area (Å²) >= 11 is 1.77. The quantitative estimate of drug-likeness (QED) is 0.679. The third-order valence-corrected chi connectivity index (χ3v) is 2.42. The van der Waals surface area contributed by atoms with Crippen LogP contribution in [0.1, 0.15) is 12.1 Å². The van der Waals surface area contributed by atoms with Gasteiger partial charge in [-0.15, -0.1) is 5.10 Å². The van der Waals surface area contributed by atoms with Crippen LogP contribution in [0.3, 0.4) is 0 Å². The van der Waals surface area contributed by atoms with E-state index in [9.17, 15) is 0 Å². The van der Waals surface area contributed by atoms with E-state index in [0.29, 0.717) is 0 Å². The molecule has 4 nitrogen and oxygen atoms in total. The van der Waals surface area contributed by atoms with Gasteiger partial charge in [0, 0.05) is 25.6 Å². The molecule has 0 atom stereocenters. The third-order valence-electron chi connectivity index (χ3n) is 1.35. The lowest BCUT2D eigenvalue weighted by atomic mass is 10.5. The molecule has 0 radical (unpaired) electrons. The monoisotopic (exact) mass is 187 g/mol. The van der Waals surface area contributed by atoms with Crippen molar-refractivity contribution in [3.63, 3.8) is 0 Å². The summed E-state index contributed by atoms with van der Waals surface area (Å²) in [5.74, 6) is 1.86. The number of aliphatic hydroxyl groups excluding tert-OH is 1. The summed E-state index contributed by atoms with van der Waals surface area (Å²) in [5.41, 5.74) is 1.00. The molecule has 1 N–H and O–H groups in total. The number of thioether (sulfide) groups is 1. The average Bonchev–Trinajstić information content (AvgIpc) is 2.45. The summed E-state index contributed by atoms with van der Waals surface area (Å²) in [6.45, 7) is 0.271. The zero-order chi connectivity index (χ0) is 8.81. The molecular weight excluding hydrogens is 174 g/mol. The largest absolute Gasteiger partial charge is 0.396 e. The van der Waals surface area contributed by atoms with Crippen LogP contribution in [0, 0.1) is 0 Å². The van der Waals surface area contributed by atoms with Crippen LogP contribution in [0.4, 0.5) is 0 Å². The first-order chi connectivity index (χ1) is 5.83. The Balaban J connectivity index is 2.15. The van der Waals surface area contributed by atoms with Crippen LogP contribution in [0.2, 0.25) is 0 Å². The highest BCUT2D eigenvalue weighted by Crippen LogP contribution is 2.09. The van der Waals surface area contributed by atoms with E-state index < -0.39 is 0 Å². The molecule has 1 aromatic heterocycles. The molecule has 1 aromatic rings. The number of aliphatic hydroxyl groups is 1. The van der Waals surface area contributed by atoms with Gasteiger partial charge in [0.25, 0.3) is 0 Å². The van der Waals surface area contributed by atoms with Gasteiger partial charge in [0.2, 0.25) is 0 Å². The lowest BCUT2D eigenvalue weighted by Crippen LogP contribution is -1.87. The molecule has 12 heavy (non-hydrogen) atoms. The van der Waals surface area contributed by atoms with E-state index in [4.69, 9.17) is 5.11 Å². The first-order valence-corrected chi connectivity index (χ1v) is 5.02. The lowest BCUT2D eigenvalue weighted by Gasteiger charge is -1.94. The van der Waals surface area contributed by atoms with Gasteiger partial charge in [-0.05, 0) is 12.2 Å². The smallest absolute Gasteiger partial charge is 0.0925 e. The number of hydrogen-bond donors (Lipinski definition) is 1. The van der Waals surface area contributed by atoms with Gasteiger partial charge in [-0.1, -0.05) is 5.21 Å². The van der Waals surface area contributed by atoms with Gasteiger partial charge >= 0.3 is 0 Å². The van der Waals surface area contributed by atoms with Crippen LogP contribution in [-0.2, 0) is 12.8 Å². The first-order valence-electron chi connectivity index (χ1n) is 3.86. The van der Waals surface area contributed by atoms with Crippen molar-refractivity contribution in [2.75, 3.05) is 12.4 Å². The van der Waals surface area contributed by atoms with Crippen LogP contribution >= 0.6 is 11.8 Å². The van der Waals surface area contributed by atoms with E-state index >= 15 is 0 Å². The predicted octanol–water partition coefficient (Wildman–Crippen LogP) is 0.431. The summed E-state index contributed by atoms with van der Waals surface area (Å²) in [6, 6.07) is 0. The molecule has 0 aliphatic carbocycles. The number of nitrogens with zero attached hydrogens (tertiary/aromatic N) is 3. The highest BCUT2D eigenvalue weighted by atomic mass is 32.2. The normalized spacial score (nSPS) is 10.5. The first kappa shape index (κ1) is 9.54. The summed E-state index contributed by atoms with van der Waals surface area (Å²) in [4.78, 5) is 0. The number of hydrogen-bond acceptors (Lipinski definition) is 4. The van der Waals surface area contributed by atoms with Gasteiger partial charge in [-0.2, -0.15) is 11.8 Å². The fraction of sp³-hybridized carbons (Fsp3) is 0.714. The van der Waals surface area contributed by atoms with Crippen molar-refractivity contribution in [2.45, 2.75) is 12.2 Å². The van der Waals surface area contributed by atoms with Crippen molar-refractivity contribution in [2.24, 2.45) is 7.05 Å². The van der Waals surface area contributed by atoms with Gasteiger partial charge < -0.3 is 5.11 Å². The van der Waals surface area contributed by atoms with Crippen LogP contribution in [-0.4, -0.2) is 32.5 Å². The molecule has 0 bridgehead atoms. The molecular formula is C7H13N3OS. The van der Waals surface area contributed by atoms with Crippen molar-refractivity contribution in [1.82, 2.24) is 15.0 Å². The fourth-order valence-corrected chi connectivity index (χ4v) is 1.62. The molecule has 1 rings (SSSR count). The molecule has 0 saturated heterocycles. The van der Waals surface area contributed by atoms with E-state index in [1.807, 2.05) is 13.2 Å². The minimum atomic E-state index is 0.271. The molecule has 0 spiro atoms. The second-order valence-electron chi connectivity index (χ2n) is 2.51. The summed E-state index contributed by atoms with van der Waals surface area (Å²) in [6.07, 6.45) is 2.76. The topological polar surface area (TPSA) is 50.9 Å². The highest BCUT2D eigenvalue weighted by Gasteiger charge is 1.97.